The number of fused-ring (bicyclic) bond motifs is 12. The van der Waals surface area contributed by atoms with Gasteiger partial charge in [-0.3, -0.25) is 0 Å². The largest absolute Gasteiger partial charge is 0.0654 e. The van der Waals surface area contributed by atoms with Crippen molar-refractivity contribution in [3.05, 3.63) is 129 Å². The Bertz CT molecular complexity index is 2160. The maximum atomic E-state index is 2.79. The molecule has 4 aliphatic carbocycles. The van der Waals surface area contributed by atoms with E-state index in [1.54, 1.807) is 33.4 Å². The molecule has 1 unspecified atom stereocenters. The highest BCUT2D eigenvalue weighted by atomic mass is 14.6. The predicted octanol–water partition coefficient (Wildman–Crippen LogP) is 13.8. The van der Waals surface area contributed by atoms with Crippen LogP contribution in [0.25, 0.3) is 33.0 Å². The van der Waals surface area contributed by atoms with Crippen molar-refractivity contribution in [1.29, 1.82) is 0 Å². The van der Waals surface area contributed by atoms with Crippen molar-refractivity contribution in [3.8, 4) is 11.1 Å². The molecule has 0 heteroatoms. The van der Waals surface area contributed by atoms with E-state index in [4.69, 9.17) is 0 Å². The monoisotopic (exact) mass is 644 g/mol. The van der Waals surface area contributed by atoms with Gasteiger partial charge < -0.3 is 0 Å². The third kappa shape index (κ3) is 3.98. The molecule has 0 saturated heterocycles. The summed E-state index contributed by atoms with van der Waals surface area (Å²) in [6.07, 6.45) is 11.1. The summed E-state index contributed by atoms with van der Waals surface area (Å²) in [6, 6.07) is 26.2. The third-order valence-electron chi connectivity index (χ3n) is 14.7. The van der Waals surface area contributed by atoms with Gasteiger partial charge in [-0.25, -0.2) is 0 Å². The number of hydrogen-bond donors (Lipinski definition) is 0. The summed E-state index contributed by atoms with van der Waals surface area (Å²) < 4.78 is 0. The van der Waals surface area contributed by atoms with Crippen molar-refractivity contribution < 1.29 is 0 Å². The van der Waals surface area contributed by atoms with Crippen molar-refractivity contribution in [2.45, 2.75) is 125 Å². The van der Waals surface area contributed by atoms with E-state index in [1.165, 1.54) is 49.7 Å². The van der Waals surface area contributed by atoms with E-state index in [-0.39, 0.29) is 27.1 Å². The molecule has 0 saturated carbocycles. The molecule has 0 bridgehead atoms. The number of benzene rings is 4. The Balaban J connectivity index is 1.51. The van der Waals surface area contributed by atoms with Crippen molar-refractivity contribution >= 4 is 21.9 Å². The van der Waals surface area contributed by atoms with E-state index < -0.39 is 0 Å². The van der Waals surface area contributed by atoms with Gasteiger partial charge in [0, 0.05) is 16.2 Å². The van der Waals surface area contributed by atoms with Gasteiger partial charge in [0.15, 0.2) is 0 Å². The highest BCUT2D eigenvalue weighted by Gasteiger charge is 2.55. The van der Waals surface area contributed by atoms with Crippen LogP contribution in [0.5, 0.6) is 0 Å². The summed E-state index contributed by atoms with van der Waals surface area (Å²) >= 11 is 0. The van der Waals surface area contributed by atoms with E-state index in [9.17, 15) is 0 Å². The minimum absolute atomic E-state index is 0.0386. The van der Waals surface area contributed by atoms with Crippen LogP contribution in [0.15, 0.2) is 90.0 Å². The Kier molecular flexibility index (Phi) is 6.94. The smallest absolute Gasteiger partial charge is 0.0443 e. The number of aryl methyl sites for hydroxylation is 1. The van der Waals surface area contributed by atoms with Crippen LogP contribution in [0.3, 0.4) is 0 Å². The standard InChI is InChI=1S/C49H56/c1-12-47(10,13-2)31-27-32(48(11,14-3)15-4)29-49(28-31)39-25-24-36-42(40(39)37-26-30(5)33-20-16-17-21-34(33)41(37)49)46(8,9)43-35-22-18-19-23-38(35)45(6,7)44(36)43/h16-28H,12-15,29H2,1-11H3. The minimum atomic E-state index is -0.222. The lowest BCUT2D eigenvalue weighted by molar-refractivity contribution is 0.328. The van der Waals surface area contributed by atoms with Crippen LogP contribution in [0, 0.1) is 17.8 Å². The highest BCUT2D eigenvalue weighted by Crippen LogP contribution is 2.68. The molecule has 4 aromatic rings. The SMILES string of the molecule is CCC(C)(CC)C1=CC2(CC(C(C)(CC)CC)=C1)c1ccc3c(c1-c1cc(C)c4ccccc4c12)C(C)(C)C1=C3C(C)(C)c2ccccc21. The van der Waals surface area contributed by atoms with Gasteiger partial charge in [-0.15, -0.1) is 0 Å². The normalized spacial score (nSPS) is 21.4. The second-order valence-corrected chi connectivity index (χ2v) is 17.6. The van der Waals surface area contributed by atoms with Crippen LogP contribution >= 0.6 is 0 Å². The highest BCUT2D eigenvalue weighted by molar-refractivity contribution is 6.13. The quantitative estimate of drug-likeness (QED) is 0.196. The molecule has 0 amide bonds. The summed E-state index contributed by atoms with van der Waals surface area (Å²) in [5, 5.41) is 2.83. The molecule has 0 aliphatic heterocycles. The molecule has 0 heterocycles. The van der Waals surface area contributed by atoms with E-state index in [0.717, 1.165) is 32.1 Å². The fourth-order valence-electron chi connectivity index (χ4n) is 10.9. The van der Waals surface area contributed by atoms with Crippen LogP contribution in [0.1, 0.15) is 140 Å². The van der Waals surface area contributed by atoms with Crippen LogP contribution < -0.4 is 0 Å². The van der Waals surface area contributed by atoms with Gasteiger partial charge in [0.05, 0.1) is 0 Å². The molecule has 49 heavy (non-hydrogen) atoms. The van der Waals surface area contributed by atoms with Crippen molar-refractivity contribution in [2.75, 3.05) is 0 Å². The zero-order valence-corrected chi connectivity index (χ0v) is 32.0. The number of allylic oxidation sites excluding steroid dienone is 6. The lowest BCUT2D eigenvalue weighted by atomic mass is 9.59. The van der Waals surface area contributed by atoms with Gasteiger partial charge in [-0.1, -0.05) is 154 Å². The summed E-state index contributed by atoms with van der Waals surface area (Å²) in [5.41, 5.74) is 19.6. The summed E-state index contributed by atoms with van der Waals surface area (Å²) in [6.45, 7) is 27.0. The Hall–Kier alpha value is -3.64. The minimum Gasteiger partial charge on any atom is -0.0654 e. The third-order valence-corrected chi connectivity index (χ3v) is 14.7. The first-order chi connectivity index (χ1) is 23.2. The van der Waals surface area contributed by atoms with Gasteiger partial charge in [0.2, 0.25) is 0 Å². The number of hydrogen-bond acceptors (Lipinski definition) is 0. The molecule has 8 rings (SSSR count). The van der Waals surface area contributed by atoms with Crippen molar-refractivity contribution in [3.63, 3.8) is 0 Å². The zero-order valence-electron chi connectivity index (χ0n) is 32.0. The Morgan fingerprint density at radius 2 is 1.22 bits per heavy atom. The van der Waals surface area contributed by atoms with E-state index in [0.29, 0.717) is 0 Å². The van der Waals surface area contributed by atoms with E-state index in [1.807, 2.05) is 0 Å². The summed E-state index contributed by atoms with van der Waals surface area (Å²) in [5.74, 6) is 0. The van der Waals surface area contributed by atoms with Crippen LogP contribution in [-0.4, -0.2) is 0 Å². The van der Waals surface area contributed by atoms with Crippen molar-refractivity contribution in [1.82, 2.24) is 0 Å². The molecule has 0 N–H and O–H groups in total. The summed E-state index contributed by atoms with van der Waals surface area (Å²) in [7, 11) is 0. The van der Waals surface area contributed by atoms with Gasteiger partial charge >= 0.3 is 0 Å². The first-order valence-electron chi connectivity index (χ1n) is 19.2. The maximum absolute atomic E-state index is 2.79. The molecule has 0 aromatic heterocycles. The molecule has 0 radical (unpaired) electrons. The molecular weight excluding hydrogens is 589 g/mol. The lowest BCUT2D eigenvalue weighted by Gasteiger charge is -2.44. The molecule has 1 spiro atoms. The molecule has 252 valence electrons. The van der Waals surface area contributed by atoms with Crippen LogP contribution in [0.4, 0.5) is 0 Å². The second-order valence-electron chi connectivity index (χ2n) is 17.6. The predicted molar refractivity (Wildman–Crippen MR) is 212 cm³/mol. The second kappa shape index (κ2) is 10.4. The molecule has 4 aliphatic rings. The summed E-state index contributed by atoms with van der Waals surface area (Å²) in [4.78, 5) is 0. The van der Waals surface area contributed by atoms with Gasteiger partial charge in [-0.2, -0.15) is 0 Å². The van der Waals surface area contributed by atoms with Gasteiger partial charge in [0.1, 0.15) is 0 Å². The van der Waals surface area contributed by atoms with Crippen LogP contribution in [-0.2, 0) is 16.2 Å². The maximum Gasteiger partial charge on any atom is 0.0443 e. The molecular formula is C49H56. The van der Waals surface area contributed by atoms with Crippen LogP contribution in [0.2, 0.25) is 0 Å². The number of rotatable bonds is 6. The lowest BCUT2D eigenvalue weighted by Crippen LogP contribution is -2.34. The van der Waals surface area contributed by atoms with E-state index in [2.05, 4.69) is 155 Å². The Morgan fingerprint density at radius 3 is 1.90 bits per heavy atom. The van der Waals surface area contributed by atoms with Gasteiger partial charge in [-0.05, 0) is 127 Å². The Labute approximate surface area is 296 Å². The molecule has 0 fully saturated rings. The fourth-order valence-corrected chi connectivity index (χ4v) is 10.9. The molecule has 1 atom stereocenters. The zero-order chi connectivity index (χ0) is 34.9. The average Bonchev–Trinajstić information content (AvgIpc) is 3.62. The molecule has 0 nitrogen and oxygen atoms in total. The fraction of sp³-hybridized carbons (Fsp3) is 0.429. The van der Waals surface area contributed by atoms with Crippen molar-refractivity contribution in [2.24, 2.45) is 10.8 Å². The first kappa shape index (κ1) is 32.6. The molecule has 4 aromatic carbocycles. The topological polar surface area (TPSA) is 0 Å². The average molecular weight is 645 g/mol. The van der Waals surface area contributed by atoms with E-state index >= 15 is 0 Å². The Morgan fingerprint density at radius 1 is 0.612 bits per heavy atom. The van der Waals surface area contributed by atoms with Gasteiger partial charge in [0.25, 0.3) is 0 Å². The first-order valence-corrected chi connectivity index (χ1v) is 19.2.